The zero-order chi connectivity index (χ0) is 17.6. The Morgan fingerprint density at radius 2 is 1.20 bits per heavy atom. The number of allylic oxidation sites excluding steroid dienone is 2. The van der Waals surface area contributed by atoms with Crippen molar-refractivity contribution in [1.29, 1.82) is 0 Å². The molecule has 140 valence electrons. The molecule has 2 heterocycles. The number of hydrogen-bond donors (Lipinski definition) is 4. The van der Waals surface area contributed by atoms with Crippen LogP contribution in [0, 0.1) is 17.3 Å². The van der Waals surface area contributed by atoms with Crippen LogP contribution >= 0.6 is 0 Å². The van der Waals surface area contributed by atoms with E-state index in [4.69, 9.17) is 9.47 Å². The molecule has 0 aromatic heterocycles. The SMILES string of the molecule is OCC(CO)(C(O)=CC1CCC2OC2C1)C(O)=CC1CCC2OC2C1. The predicted octanol–water partition coefficient (Wildman–Crippen LogP) is 1.98. The molecule has 0 spiro atoms. The average Bonchev–Trinajstić information content (AvgIpc) is 3.50. The minimum atomic E-state index is -1.53. The highest BCUT2D eigenvalue weighted by Crippen LogP contribution is 2.44. The Balaban J connectivity index is 1.50. The molecule has 4 N–H and O–H groups in total. The third kappa shape index (κ3) is 3.33. The average molecular weight is 352 g/mol. The Labute approximate surface area is 147 Å². The van der Waals surface area contributed by atoms with Gasteiger partial charge in [0.15, 0.2) is 0 Å². The molecule has 0 aromatic carbocycles. The summed E-state index contributed by atoms with van der Waals surface area (Å²) in [4.78, 5) is 0. The van der Waals surface area contributed by atoms with E-state index in [1.807, 2.05) is 0 Å². The van der Waals surface area contributed by atoms with Crippen LogP contribution < -0.4 is 0 Å². The van der Waals surface area contributed by atoms with Crippen LogP contribution in [0.5, 0.6) is 0 Å². The first-order valence-electron chi connectivity index (χ1n) is 9.41. The van der Waals surface area contributed by atoms with Crippen molar-refractivity contribution < 1.29 is 29.9 Å². The van der Waals surface area contributed by atoms with Crippen molar-refractivity contribution in [3.63, 3.8) is 0 Å². The fraction of sp³-hybridized carbons (Fsp3) is 0.789. The Kier molecular flexibility index (Phi) is 4.56. The van der Waals surface area contributed by atoms with Crippen LogP contribution in [-0.4, -0.2) is 58.1 Å². The smallest absolute Gasteiger partial charge is 0.129 e. The van der Waals surface area contributed by atoms with Crippen molar-refractivity contribution >= 4 is 0 Å². The summed E-state index contributed by atoms with van der Waals surface area (Å²) < 4.78 is 11.0. The zero-order valence-corrected chi connectivity index (χ0v) is 14.4. The third-order valence-corrected chi connectivity index (χ3v) is 6.40. The summed E-state index contributed by atoms with van der Waals surface area (Å²) in [6, 6.07) is 0. The molecule has 6 unspecified atom stereocenters. The molecule has 6 nitrogen and oxygen atoms in total. The summed E-state index contributed by atoms with van der Waals surface area (Å²) >= 11 is 0. The van der Waals surface area contributed by atoms with E-state index in [1.54, 1.807) is 12.2 Å². The standard InChI is InChI=1S/C19H28O6/c20-9-19(10-21,17(22)7-11-1-3-13-15(5-11)24-13)18(23)8-12-2-4-14-16(6-12)25-14/h7-8,11-16,20-23H,1-6,9-10H2. The van der Waals surface area contributed by atoms with Gasteiger partial charge in [-0.2, -0.15) is 0 Å². The lowest BCUT2D eigenvalue weighted by molar-refractivity contribution is 0.0432. The van der Waals surface area contributed by atoms with Gasteiger partial charge in [0.2, 0.25) is 0 Å². The maximum absolute atomic E-state index is 10.6. The van der Waals surface area contributed by atoms with Gasteiger partial charge in [-0.05, 0) is 62.5 Å². The van der Waals surface area contributed by atoms with Gasteiger partial charge in [0.05, 0.1) is 37.6 Å². The van der Waals surface area contributed by atoms with Crippen LogP contribution in [0.4, 0.5) is 0 Å². The van der Waals surface area contributed by atoms with E-state index in [-0.39, 0.29) is 35.6 Å². The molecule has 25 heavy (non-hydrogen) atoms. The fourth-order valence-electron chi connectivity index (χ4n) is 4.44. The summed E-state index contributed by atoms with van der Waals surface area (Å²) in [5, 5.41) is 41.1. The van der Waals surface area contributed by atoms with Crippen LogP contribution in [0.15, 0.2) is 23.7 Å². The highest BCUT2D eigenvalue weighted by Gasteiger charge is 2.46. The van der Waals surface area contributed by atoms with Crippen molar-refractivity contribution in [1.82, 2.24) is 0 Å². The van der Waals surface area contributed by atoms with Gasteiger partial charge in [-0.1, -0.05) is 0 Å². The minimum absolute atomic E-state index is 0.143. The molecular weight excluding hydrogens is 324 g/mol. The molecule has 0 aromatic rings. The Hall–Kier alpha value is -1.08. The zero-order valence-electron chi connectivity index (χ0n) is 14.4. The van der Waals surface area contributed by atoms with E-state index in [0.29, 0.717) is 12.2 Å². The lowest BCUT2D eigenvalue weighted by Gasteiger charge is -2.31. The van der Waals surface area contributed by atoms with Gasteiger partial charge in [0.1, 0.15) is 16.9 Å². The highest BCUT2D eigenvalue weighted by molar-refractivity contribution is 5.24. The molecule has 0 bridgehead atoms. The van der Waals surface area contributed by atoms with E-state index >= 15 is 0 Å². The second-order valence-electron chi connectivity index (χ2n) is 8.07. The van der Waals surface area contributed by atoms with Crippen molar-refractivity contribution in [2.24, 2.45) is 17.3 Å². The molecule has 2 aliphatic carbocycles. The summed E-state index contributed by atoms with van der Waals surface area (Å²) in [7, 11) is 0. The summed E-state index contributed by atoms with van der Waals surface area (Å²) in [6.07, 6.45) is 10.1. The second-order valence-corrected chi connectivity index (χ2v) is 8.07. The van der Waals surface area contributed by atoms with E-state index in [1.165, 1.54) is 0 Å². The number of epoxide rings is 2. The van der Waals surface area contributed by atoms with Gasteiger partial charge >= 0.3 is 0 Å². The minimum Gasteiger partial charge on any atom is -0.511 e. The van der Waals surface area contributed by atoms with E-state index in [2.05, 4.69) is 0 Å². The van der Waals surface area contributed by atoms with Crippen LogP contribution in [0.1, 0.15) is 38.5 Å². The summed E-state index contributed by atoms with van der Waals surface area (Å²) in [5.41, 5.74) is -1.53. The molecular formula is C19H28O6. The van der Waals surface area contributed by atoms with Crippen LogP contribution in [-0.2, 0) is 9.47 Å². The Morgan fingerprint density at radius 3 is 1.56 bits per heavy atom. The fourth-order valence-corrected chi connectivity index (χ4v) is 4.44. The van der Waals surface area contributed by atoms with Crippen molar-refractivity contribution in [2.45, 2.75) is 62.9 Å². The Morgan fingerprint density at radius 1 is 0.760 bits per heavy atom. The van der Waals surface area contributed by atoms with E-state index in [0.717, 1.165) is 38.5 Å². The molecule has 4 fully saturated rings. The van der Waals surface area contributed by atoms with Gasteiger partial charge in [-0.3, -0.25) is 0 Å². The van der Waals surface area contributed by atoms with Gasteiger partial charge in [-0.25, -0.2) is 0 Å². The van der Waals surface area contributed by atoms with Crippen molar-refractivity contribution in [3.8, 4) is 0 Å². The predicted molar refractivity (Wildman–Crippen MR) is 90.0 cm³/mol. The van der Waals surface area contributed by atoms with E-state index in [9.17, 15) is 20.4 Å². The van der Waals surface area contributed by atoms with E-state index < -0.39 is 18.6 Å². The third-order valence-electron chi connectivity index (χ3n) is 6.40. The van der Waals surface area contributed by atoms with Gasteiger partial charge in [-0.15, -0.1) is 0 Å². The maximum Gasteiger partial charge on any atom is 0.129 e. The number of aliphatic hydroxyl groups excluding tert-OH is 4. The van der Waals surface area contributed by atoms with Crippen LogP contribution in [0.25, 0.3) is 0 Å². The largest absolute Gasteiger partial charge is 0.511 e. The number of hydrogen-bond acceptors (Lipinski definition) is 6. The molecule has 2 aliphatic heterocycles. The number of rotatable bonds is 6. The van der Waals surface area contributed by atoms with Gasteiger partial charge < -0.3 is 29.9 Å². The van der Waals surface area contributed by atoms with Gasteiger partial charge in [0, 0.05) is 0 Å². The van der Waals surface area contributed by atoms with Crippen LogP contribution in [0.2, 0.25) is 0 Å². The lowest BCUT2D eigenvalue weighted by atomic mass is 9.79. The number of fused-ring (bicyclic) bond motifs is 2. The Bertz CT molecular complexity index is 520. The molecule has 2 saturated carbocycles. The molecule has 6 atom stereocenters. The first-order chi connectivity index (χ1) is 12.1. The summed E-state index contributed by atoms with van der Waals surface area (Å²) in [5.74, 6) is -0.00734. The molecule has 2 saturated heterocycles. The molecule has 0 radical (unpaired) electrons. The normalized spacial score (nSPS) is 41.0. The number of aliphatic hydroxyl groups is 4. The monoisotopic (exact) mass is 352 g/mol. The molecule has 4 aliphatic rings. The van der Waals surface area contributed by atoms with Crippen molar-refractivity contribution in [3.05, 3.63) is 23.7 Å². The first-order valence-corrected chi connectivity index (χ1v) is 9.41. The second kappa shape index (κ2) is 6.58. The van der Waals surface area contributed by atoms with Gasteiger partial charge in [0.25, 0.3) is 0 Å². The topological polar surface area (TPSA) is 106 Å². The molecule has 4 rings (SSSR count). The lowest BCUT2D eigenvalue weighted by Crippen LogP contribution is -2.35. The highest BCUT2D eigenvalue weighted by atomic mass is 16.6. The molecule has 0 amide bonds. The maximum atomic E-state index is 10.6. The summed E-state index contributed by atoms with van der Waals surface area (Å²) in [6.45, 7) is -1.09. The number of ether oxygens (including phenoxy) is 2. The van der Waals surface area contributed by atoms with Crippen molar-refractivity contribution in [2.75, 3.05) is 13.2 Å². The quantitative estimate of drug-likeness (QED) is 0.430. The molecule has 6 heteroatoms. The van der Waals surface area contributed by atoms with Crippen LogP contribution in [0.3, 0.4) is 0 Å². The first kappa shape index (κ1) is 17.3.